The van der Waals surface area contributed by atoms with Crippen LogP contribution < -0.4 is 15.4 Å². The third kappa shape index (κ3) is 5.65. The van der Waals surface area contributed by atoms with Gasteiger partial charge < -0.3 is 15.4 Å². The molecule has 2 N–H and O–H groups in total. The number of hydrogen-bond acceptors (Lipinski definition) is 7. The molecule has 10 heteroatoms. The Kier molecular flexibility index (Phi) is 7.46. The minimum atomic E-state index is -0.536. The first-order valence-electron chi connectivity index (χ1n) is 9.75. The molecule has 0 unspecified atom stereocenters. The first-order chi connectivity index (χ1) is 15.4. The van der Waals surface area contributed by atoms with Crippen molar-refractivity contribution in [2.45, 2.75) is 19.3 Å². The van der Waals surface area contributed by atoms with E-state index in [1.165, 1.54) is 12.1 Å². The summed E-state index contributed by atoms with van der Waals surface area (Å²) < 4.78 is 5.36. The lowest BCUT2D eigenvalue weighted by molar-refractivity contribution is -0.384. The summed E-state index contributed by atoms with van der Waals surface area (Å²) in [5.74, 6) is -0.435. The molecule has 0 saturated carbocycles. The Morgan fingerprint density at radius 2 is 1.97 bits per heavy atom. The maximum atomic E-state index is 12.3. The number of nitro benzene ring substituents is 1. The lowest BCUT2D eigenvalue weighted by Crippen LogP contribution is -2.31. The average Bonchev–Trinajstić information content (AvgIpc) is 2.79. The molecule has 1 atom stereocenters. The number of benzene rings is 2. The molecule has 1 aliphatic heterocycles. The summed E-state index contributed by atoms with van der Waals surface area (Å²) in [6.45, 7) is 2.43. The van der Waals surface area contributed by atoms with E-state index in [0.29, 0.717) is 34.2 Å². The highest BCUT2D eigenvalue weighted by atomic mass is 32.2. The molecule has 9 nitrogen and oxygen atoms in total. The van der Waals surface area contributed by atoms with E-state index in [0.717, 1.165) is 11.8 Å². The molecule has 32 heavy (non-hydrogen) atoms. The first-order valence-corrected chi connectivity index (χ1v) is 10.7. The SMILES string of the molecule is CCOc1ccc(NC(=O)CSC2=C(C#N)[C@H](c3ccc([N+](=O)[O-])cc3)CC(=O)N2)cc1. The highest BCUT2D eigenvalue weighted by Gasteiger charge is 2.30. The van der Waals surface area contributed by atoms with Crippen molar-refractivity contribution in [2.24, 2.45) is 0 Å². The summed E-state index contributed by atoms with van der Waals surface area (Å²) in [5.41, 5.74) is 1.47. The standard InChI is InChI=1S/C22H20N4O5S/c1-2-31-17-9-5-15(6-10-17)24-21(28)13-32-22-19(12-23)18(11-20(27)25-22)14-3-7-16(8-4-14)26(29)30/h3-10,18H,2,11,13H2,1H3,(H,24,28)(H,25,27)/t18-/m0/s1. The lowest BCUT2D eigenvalue weighted by Gasteiger charge is -2.25. The third-order valence-corrected chi connectivity index (χ3v) is 5.68. The van der Waals surface area contributed by atoms with Gasteiger partial charge in [0.2, 0.25) is 11.8 Å². The number of hydrogen-bond donors (Lipinski definition) is 2. The predicted octanol–water partition coefficient (Wildman–Crippen LogP) is 3.70. The normalized spacial score (nSPS) is 15.5. The molecule has 0 radical (unpaired) electrons. The maximum absolute atomic E-state index is 12.3. The van der Waals surface area contributed by atoms with Gasteiger partial charge in [0.05, 0.1) is 34.0 Å². The van der Waals surface area contributed by atoms with Crippen molar-refractivity contribution in [2.75, 3.05) is 17.7 Å². The molecule has 0 spiro atoms. The quantitative estimate of drug-likeness (QED) is 0.460. The van der Waals surface area contributed by atoms with Gasteiger partial charge in [0.25, 0.3) is 5.69 Å². The van der Waals surface area contributed by atoms with Crippen molar-refractivity contribution in [1.29, 1.82) is 5.26 Å². The Morgan fingerprint density at radius 1 is 1.28 bits per heavy atom. The average molecular weight is 452 g/mol. The van der Waals surface area contributed by atoms with Crippen LogP contribution in [-0.4, -0.2) is 29.1 Å². The zero-order valence-electron chi connectivity index (χ0n) is 17.2. The van der Waals surface area contributed by atoms with E-state index in [-0.39, 0.29) is 29.7 Å². The number of nitriles is 1. The summed E-state index contributed by atoms with van der Waals surface area (Å²) in [5, 5.41) is 26.3. The molecule has 2 aromatic carbocycles. The number of allylic oxidation sites excluding steroid dienone is 1. The summed E-state index contributed by atoms with van der Waals surface area (Å²) in [7, 11) is 0. The van der Waals surface area contributed by atoms with E-state index in [4.69, 9.17) is 4.74 Å². The molecule has 0 aromatic heterocycles. The molecule has 0 fully saturated rings. The number of nitrogens with zero attached hydrogens (tertiary/aromatic N) is 2. The molecule has 0 aliphatic carbocycles. The number of non-ortho nitro benzene ring substituents is 1. The Bertz CT molecular complexity index is 1090. The number of nitrogens with one attached hydrogen (secondary N) is 2. The number of carbonyl (C=O) groups is 2. The number of ether oxygens (including phenoxy) is 1. The number of nitro groups is 1. The summed E-state index contributed by atoms with van der Waals surface area (Å²) >= 11 is 1.06. The van der Waals surface area contributed by atoms with Crippen LogP contribution in [0.2, 0.25) is 0 Å². The van der Waals surface area contributed by atoms with Crippen LogP contribution in [0.3, 0.4) is 0 Å². The lowest BCUT2D eigenvalue weighted by atomic mass is 9.87. The zero-order chi connectivity index (χ0) is 23.1. The molecule has 0 bridgehead atoms. The predicted molar refractivity (Wildman–Crippen MR) is 120 cm³/mol. The second-order valence-corrected chi connectivity index (χ2v) is 7.79. The van der Waals surface area contributed by atoms with Crippen molar-refractivity contribution >= 4 is 35.0 Å². The second-order valence-electron chi connectivity index (χ2n) is 6.80. The Morgan fingerprint density at radius 3 is 2.56 bits per heavy atom. The fourth-order valence-corrected chi connectivity index (χ4v) is 4.06. The van der Waals surface area contributed by atoms with E-state index >= 15 is 0 Å². The van der Waals surface area contributed by atoms with Crippen LogP contribution in [-0.2, 0) is 9.59 Å². The largest absolute Gasteiger partial charge is 0.494 e. The number of carbonyl (C=O) groups excluding carboxylic acids is 2. The van der Waals surface area contributed by atoms with Crippen LogP contribution in [0.25, 0.3) is 0 Å². The van der Waals surface area contributed by atoms with Gasteiger partial charge in [-0.15, -0.1) is 0 Å². The van der Waals surface area contributed by atoms with Crippen molar-refractivity contribution < 1.29 is 19.2 Å². The van der Waals surface area contributed by atoms with Crippen LogP contribution in [0.15, 0.2) is 59.1 Å². The van der Waals surface area contributed by atoms with Crippen LogP contribution in [0.5, 0.6) is 5.75 Å². The molecule has 2 aromatic rings. The Labute approximate surface area is 188 Å². The van der Waals surface area contributed by atoms with Gasteiger partial charge in [-0.25, -0.2) is 0 Å². The topological polar surface area (TPSA) is 134 Å². The minimum absolute atomic E-state index is 0.0129. The van der Waals surface area contributed by atoms with Gasteiger partial charge in [0.1, 0.15) is 5.75 Å². The van der Waals surface area contributed by atoms with Crippen LogP contribution in [0.1, 0.15) is 24.8 Å². The highest BCUT2D eigenvalue weighted by Crippen LogP contribution is 2.36. The molecule has 2 amide bonds. The van der Waals surface area contributed by atoms with Gasteiger partial charge in [-0.3, -0.25) is 19.7 Å². The molecule has 1 heterocycles. The van der Waals surface area contributed by atoms with Gasteiger partial charge >= 0.3 is 0 Å². The smallest absolute Gasteiger partial charge is 0.269 e. The fourth-order valence-electron chi connectivity index (χ4n) is 3.18. The Hall–Kier alpha value is -3.84. The van der Waals surface area contributed by atoms with Crippen LogP contribution >= 0.6 is 11.8 Å². The van der Waals surface area contributed by atoms with Gasteiger partial charge in [-0.05, 0) is 36.8 Å². The number of rotatable bonds is 8. The zero-order valence-corrected chi connectivity index (χ0v) is 18.0. The van der Waals surface area contributed by atoms with Gasteiger partial charge in [0, 0.05) is 30.2 Å². The van der Waals surface area contributed by atoms with Gasteiger partial charge in [0.15, 0.2) is 0 Å². The van der Waals surface area contributed by atoms with E-state index < -0.39 is 10.8 Å². The summed E-state index contributed by atoms with van der Waals surface area (Å²) in [6, 6.07) is 14.8. The van der Waals surface area contributed by atoms with Gasteiger partial charge in [-0.2, -0.15) is 5.26 Å². The Balaban J connectivity index is 1.70. The van der Waals surface area contributed by atoms with Gasteiger partial charge in [-0.1, -0.05) is 23.9 Å². The fraction of sp³-hybridized carbons (Fsp3) is 0.227. The maximum Gasteiger partial charge on any atom is 0.269 e. The van der Waals surface area contributed by atoms with E-state index in [1.807, 2.05) is 6.92 Å². The first kappa shape index (κ1) is 22.8. The minimum Gasteiger partial charge on any atom is -0.494 e. The number of thioether (sulfide) groups is 1. The molecule has 164 valence electrons. The summed E-state index contributed by atoms with van der Waals surface area (Å²) in [6.07, 6.45) is 0.0448. The monoisotopic (exact) mass is 452 g/mol. The van der Waals surface area contributed by atoms with Crippen LogP contribution in [0, 0.1) is 21.4 Å². The van der Waals surface area contributed by atoms with Crippen molar-refractivity contribution in [3.63, 3.8) is 0 Å². The van der Waals surface area contributed by atoms with E-state index in [1.54, 1.807) is 36.4 Å². The molecule has 0 saturated heterocycles. The molecule has 1 aliphatic rings. The van der Waals surface area contributed by atoms with Crippen molar-refractivity contribution in [3.05, 3.63) is 74.8 Å². The van der Waals surface area contributed by atoms with Crippen molar-refractivity contribution in [3.8, 4) is 11.8 Å². The second kappa shape index (κ2) is 10.5. The van der Waals surface area contributed by atoms with E-state index in [9.17, 15) is 25.0 Å². The third-order valence-electron chi connectivity index (χ3n) is 4.66. The van der Waals surface area contributed by atoms with Crippen molar-refractivity contribution in [1.82, 2.24) is 5.32 Å². The molecular formula is C22H20N4O5S. The van der Waals surface area contributed by atoms with Crippen LogP contribution in [0.4, 0.5) is 11.4 Å². The molecule has 3 rings (SSSR count). The highest BCUT2D eigenvalue weighted by molar-refractivity contribution is 8.03. The summed E-state index contributed by atoms with van der Waals surface area (Å²) in [4.78, 5) is 34.9. The number of amides is 2. The van der Waals surface area contributed by atoms with E-state index in [2.05, 4.69) is 16.7 Å². The molecular weight excluding hydrogens is 432 g/mol. The number of anilines is 1.